The smallest absolute Gasteiger partial charge is 0.251 e. The molecule has 132 valence electrons. The molecule has 25 heavy (non-hydrogen) atoms. The van der Waals surface area contributed by atoms with E-state index in [1.165, 1.54) is 0 Å². The van der Waals surface area contributed by atoms with Crippen molar-refractivity contribution in [2.75, 3.05) is 23.7 Å². The second-order valence-corrected chi connectivity index (χ2v) is 6.11. The number of hydrogen-bond donors (Lipinski definition) is 3. The Kier molecular flexibility index (Phi) is 6.83. The van der Waals surface area contributed by atoms with Crippen molar-refractivity contribution < 1.29 is 9.59 Å². The fraction of sp³-hybridized carbons (Fsp3) is 0.263. The van der Waals surface area contributed by atoms with Crippen LogP contribution in [0.25, 0.3) is 0 Å². The molecule has 0 aliphatic carbocycles. The van der Waals surface area contributed by atoms with Crippen molar-refractivity contribution >= 4 is 34.8 Å². The molecule has 0 bridgehead atoms. The van der Waals surface area contributed by atoms with Gasteiger partial charge in [0.05, 0.1) is 6.54 Å². The van der Waals surface area contributed by atoms with Crippen molar-refractivity contribution in [1.82, 2.24) is 5.32 Å². The molecule has 0 radical (unpaired) electrons. The minimum atomic E-state index is -0.194. The van der Waals surface area contributed by atoms with Crippen LogP contribution in [0.15, 0.2) is 42.5 Å². The van der Waals surface area contributed by atoms with Gasteiger partial charge in [0.2, 0.25) is 5.91 Å². The highest BCUT2D eigenvalue weighted by molar-refractivity contribution is 6.31. The highest BCUT2D eigenvalue weighted by atomic mass is 35.5. The van der Waals surface area contributed by atoms with Gasteiger partial charge >= 0.3 is 0 Å². The summed E-state index contributed by atoms with van der Waals surface area (Å²) in [5.41, 5.74) is 2.87. The maximum atomic E-state index is 12.0. The van der Waals surface area contributed by atoms with Crippen LogP contribution in [0.1, 0.15) is 29.3 Å². The van der Waals surface area contributed by atoms with Gasteiger partial charge in [-0.2, -0.15) is 0 Å². The number of halogens is 1. The number of benzene rings is 2. The quantitative estimate of drug-likeness (QED) is 0.703. The van der Waals surface area contributed by atoms with E-state index in [1.807, 2.05) is 26.0 Å². The van der Waals surface area contributed by atoms with Crippen LogP contribution < -0.4 is 16.0 Å². The number of amides is 2. The molecule has 0 aliphatic rings. The third-order valence-electron chi connectivity index (χ3n) is 3.57. The van der Waals surface area contributed by atoms with Crippen molar-refractivity contribution in [2.24, 2.45) is 0 Å². The van der Waals surface area contributed by atoms with Crippen molar-refractivity contribution in [3.8, 4) is 0 Å². The van der Waals surface area contributed by atoms with Crippen LogP contribution in [-0.4, -0.2) is 24.9 Å². The largest absolute Gasteiger partial charge is 0.376 e. The van der Waals surface area contributed by atoms with Crippen molar-refractivity contribution in [3.05, 3.63) is 58.6 Å². The molecule has 0 spiro atoms. The summed E-state index contributed by atoms with van der Waals surface area (Å²) in [6.45, 7) is 4.63. The second kappa shape index (κ2) is 9.08. The Morgan fingerprint density at radius 1 is 1.08 bits per heavy atom. The highest BCUT2D eigenvalue weighted by Crippen LogP contribution is 2.19. The maximum absolute atomic E-state index is 12.0. The SMILES string of the molecule is CCCNC(=O)c1cccc(NCC(=O)Nc2ccc(C)c(Cl)c2)c1. The lowest BCUT2D eigenvalue weighted by molar-refractivity contribution is -0.114. The van der Waals surface area contributed by atoms with E-state index in [-0.39, 0.29) is 18.4 Å². The molecule has 0 saturated carbocycles. The normalized spacial score (nSPS) is 10.2. The molecule has 0 saturated heterocycles. The topological polar surface area (TPSA) is 70.2 Å². The van der Waals surface area contributed by atoms with Crippen LogP contribution in [0.3, 0.4) is 0 Å². The third kappa shape index (κ3) is 5.80. The number of aryl methyl sites for hydroxylation is 1. The van der Waals surface area contributed by atoms with Gasteiger partial charge < -0.3 is 16.0 Å². The predicted molar refractivity (Wildman–Crippen MR) is 102 cm³/mol. The van der Waals surface area contributed by atoms with E-state index < -0.39 is 0 Å². The van der Waals surface area contributed by atoms with E-state index >= 15 is 0 Å². The van der Waals surface area contributed by atoms with Crippen molar-refractivity contribution in [2.45, 2.75) is 20.3 Å². The molecule has 2 aromatic carbocycles. The van der Waals surface area contributed by atoms with E-state index in [1.54, 1.807) is 30.3 Å². The lowest BCUT2D eigenvalue weighted by Crippen LogP contribution is -2.24. The molecule has 2 amide bonds. The van der Waals surface area contributed by atoms with Crippen LogP contribution in [0.5, 0.6) is 0 Å². The molecular formula is C19H22ClN3O2. The molecule has 0 atom stereocenters. The first kappa shape index (κ1) is 18.8. The Bertz CT molecular complexity index is 762. The number of carbonyl (C=O) groups excluding carboxylic acids is 2. The Balaban J connectivity index is 1.90. The van der Waals surface area contributed by atoms with Crippen molar-refractivity contribution in [1.29, 1.82) is 0 Å². The molecule has 2 rings (SSSR count). The van der Waals surface area contributed by atoms with Gasteiger partial charge in [0.15, 0.2) is 0 Å². The fourth-order valence-electron chi connectivity index (χ4n) is 2.17. The molecular weight excluding hydrogens is 338 g/mol. The minimum absolute atomic E-state index is 0.0888. The number of nitrogens with one attached hydrogen (secondary N) is 3. The number of carbonyl (C=O) groups is 2. The average Bonchev–Trinajstić information content (AvgIpc) is 2.61. The summed E-state index contributed by atoms with van der Waals surface area (Å²) in [5, 5.41) is 9.23. The summed E-state index contributed by atoms with van der Waals surface area (Å²) in [6.07, 6.45) is 0.882. The van der Waals surface area contributed by atoms with Gasteiger partial charge in [-0.25, -0.2) is 0 Å². The predicted octanol–water partition coefficient (Wildman–Crippen LogP) is 3.84. The number of anilines is 2. The van der Waals surface area contributed by atoms with Gasteiger partial charge in [-0.3, -0.25) is 9.59 Å². The van der Waals surface area contributed by atoms with Gasteiger partial charge in [0.1, 0.15) is 0 Å². The number of hydrogen-bond acceptors (Lipinski definition) is 3. The molecule has 5 nitrogen and oxygen atoms in total. The monoisotopic (exact) mass is 359 g/mol. The summed E-state index contributed by atoms with van der Waals surface area (Å²) in [6, 6.07) is 12.4. The molecule has 0 unspecified atom stereocenters. The van der Waals surface area contributed by atoms with Crippen LogP contribution in [0, 0.1) is 6.92 Å². The molecule has 2 aromatic rings. The summed E-state index contributed by atoms with van der Waals surface area (Å²) in [5.74, 6) is -0.315. The third-order valence-corrected chi connectivity index (χ3v) is 3.98. The average molecular weight is 360 g/mol. The molecule has 0 fully saturated rings. The first-order chi connectivity index (χ1) is 12.0. The van der Waals surface area contributed by atoms with Gasteiger partial charge in [0.25, 0.3) is 5.91 Å². The summed E-state index contributed by atoms with van der Waals surface area (Å²) < 4.78 is 0. The second-order valence-electron chi connectivity index (χ2n) is 5.70. The standard InChI is InChI=1S/C19H22ClN3O2/c1-3-9-21-19(25)14-5-4-6-15(10-14)22-12-18(24)23-16-8-7-13(2)17(20)11-16/h4-8,10-11,22H,3,9,12H2,1-2H3,(H,21,25)(H,23,24). The van der Waals surface area contributed by atoms with Crippen molar-refractivity contribution in [3.63, 3.8) is 0 Å². The van der Waals surface area contributed by atoms with Gasteiger partial charge in [0, 0.05) is 28.5 Å². The van der Waals surface area contributed by atoms with Gasteiger partial charge in [-0.05, 0) is 49.2 Å². The Morgan fingerprint density at radius 2 is 1.88 bits per heavy atom. The Hall–Kier alpha value is -2.53. The zero-order valence-electron chi connectivity index (χ0n) is 14.4. The maximum Gasteiger partial charge on any atom is 0.251 e. The summed E-state index contributed by atoms with van der Waals surface area (Å²) in [4.78, 5) is 24.0. The Labute approximate surface area is 152 Å². The zero-order chi connectivity index (χ0) is 18.2. The summed E-state index contributed by atoms with van der Waals surface area (Å²) >= 11 is 6.05. The fourth-order valence-corrected chi connectivity index (χ4v) is 2.35. The van der Waals surface area contributed by atoms with Gasteiger partial charge in [-0.1, -0.05) is 30.7 Å². The van der Waals surface area contributed by atoms with Crippen LogP contribution in [0.2, 0.25) is 5.02 Å². The van der Waals surface area contributed by atoms with Crippen LogP contribution >= 0.6 is 11.6 Å². The van der Waals surface area contributed by atoms with Crippen LogP contribution in [0.4, 0.5) is 11.4 Å². The highest BCUT2D eigenvalue weighted by Gasteiger charge is 2.07. The molecule has 0 heterocycles. The lowest BCUT2D eigenvalue weighted by Gasteiger charge is -2.10. The first-order valence-corrected chi connectivity index (χ1v) is 8.55. The first-order valence-electron chi connectivity index (χ1n) is 8.17. The van der Waals surface area contributed by atoms with E-state index in [9.17, 15) is 9.59 Å². The van der Waals surface area contributed by atoms with E-state index in [0.717, 1.165) is 12.0 Å². The Morgan fingerprint density at radius 3 is 2.60 bits per heavy atom. The van der Waals surface area contributed by atoms with E-state index in [4.69, 9.17) is 11.6 Å². The summed E-state index contributed by atoms with van der Waals surface area (Å²) in [7, 11) is 0. The molecule has 3 N–H and O–H groups in total. The van der Waals surface area contributed by atoms with E-state index in [2.05, 4.69) is 16.0 Å². The van der Waals surface area contributed by atoms with Gasteiger partial charge in [-0.15, -0.1) is 0 Å². The molecule has 6 heteroatoms. The number of rotatable bonds is 7. The van der Waals surface area contributed by atoms with E-state index in [0.29, 0.717) is 28.5 Å². The molecule has 0 aromatic heterocycles. The molecule has 0 aliphatic heterocycles. The minimum Gasteiger partial charge on any atom is -0.376 e. The van der Waals surface area contributed by atoms with Crippen LogP contribution in [-0.2, 0) is 4.79 Å². The lowest BCUT2D eigenvalue weighted by atomic mass is 10.2. The zero-order valence-corrected chi connectivity index (χ0v) is 15.1.